The second-order valence-corrected chi connectivity index (χ2v) is 4.70. The van der Waals surface area contributed by atoms with E-state index in [0.717, 1.165) is 19.5 Å². The second-order valence-electron chi connectivity index (χ2n) is 4.70. The lowest BCUT2D eigenvalue weighted by molar-refractivity contribution is -0.142. The number of nitrogens with two attached hydrogens (primary N) is 1. The van der Waals surface area contributed by atoms with Crippen molar-refractivity contribution in [3.63, 3.8) is 0 Å². The van der Waals surface area contributed by atoms with Gasteiger partial charge in [0.1, 0.15) is 0 Å². The average molecular weight is 234 g/mol. The zero-order chi connectivity index (χ0) is 12.3. The molecule has 1 aliphatic heterocycles. The van der Waals surface area contributed by atoms with Gasteiger partial charge < -0.3 is 10.8 Å². The van der Waals surface area contributed by atoms with Crippen molar-refractivity contribution in [2.45, 2.75) is 25.0 Å². The molecule has 1 saturated heterocycles. The molecular formula is C13H18N2O2. The molecule has 1 heterocycles. The highest BCUT2D eigenvalue weighted by molar-refractivity contribution is 5.83. The summed E-state index contributed by atoms with van der Waals surface area (Å²) in [7, 11) is 0. The Morgan fingerprint density at radius 3 is 2.76 bits per heavy atom. The lowest BCUT2D eigenvalue weighted by Crippen LogP contribution is -2.55. The summed E-state index contributed by atoms with van der Waals surface area (Å²) in [5.74, 6) is -0.615. The first-order chi connectivity index (χ1) is 8.10. The quantitative estimate of drug-likeness (QED) is 0.800. The number of likely N-dealkylation sites (tertiary alicyclic amines) is 1. The minimum absolute atomic E-state index is 0.331. The molecule has 4 nitrogen and oxygen atoms in total. The van der Waals surface area contributed by atoms with Crippen LogP contribution < -0.4 is 5.73 Å². The fraction of sp³-hybridized carbons (Fsp3) is 0.462. The Labute approximate surface area is 101 Å². The first-order valence-electron chi connectivity index (χ1n) is 5.89. The van der Waals surface area contributed by atoms with Gasteiger partial charge in [-0.2, -0.15) is 0 Å². The van der Waals surface area contributed by atoms with E-state index in [1.807, 2.05) is 30.3 Å². The third-order valence-electron chi connectivity index (χ3n) is 3.26. The molecule has 0 radical (unpaired) electrons. The van der Waals surface area contributed by atoms with E-state index in [-0.39, 0.29) is 0 Å². The molecule has 92 valence electrons. The second kappa shape index (κ2) is 4.85. The number of rotatable bonds is 3. The molecule has 0 bridgehead atoms. The Bertz CT molecular complexity index is 394. The molecule has 2 rings (SSSR count). The van der Waals surface area contributed by atoms with Gasteiger partial charge in [0.2, 0.25) is 0 Å². The third kappa shape index (κ3) is 2.84. The molecule has 1 amide bonds. The van der Waals surface area contributed by atoms with Crippen LogP contribution >= 0.6 is 0 Å². The van der Waals surface area contributed by atoms with Crippen LogP contribution in [0.2, 0.25) is 0 Å². The summed E-state index contributed by atoms with van der Waals surface area (Å²) in [5, 5.41) is 10.1. The maximum Gasteiger partial charge on any atom is 0.250 e. The van der Waals surface area contributed by atoms with Crippen molar-refractivity contribution in [1.29, 1.82) is 0 Å². The third-order valence-corrected chi connectivity index (χ3v) is 3.26. The number of nitrogens with zero attached hydrogens (tertiary/aromatic N) is 1. The Morgan fingerprint density at radius 2 is 2.12 bits per heavy atom. The first-order valence-corrected chi connectivity index (χ1v) is 5.89. The number of hydrogen-bond donors (Lipinski definition) is 2. The van der Waals surface area contributed by atoms with Crippen LogP contribution in [-0.4, -0.2) is 34.6 Å². The van der Waals surface area contributed by atoms with Gasteiger partial charge in [0, 0.05) is 13.1 Å². The van der Waals surface area contributed by atoms with Crippen molar-refractivity contribution in [2.75, 3.05) is 13.1 Å². The van der Waals surface area contributed by atoms with Gasteiger partial charge in [-0.3, -0.25) is 9.69 Å². The first kappa shape index (κ1) is 12.1. The molecule has 4 heteroatoms. The molecule has 3 N–H and O–H groups in total. The van der Waals surface area contributed by atoms with Crippen molar-refractivity contribution in [3.8, 4) is 0 Å². The maximum absolute atomic E-state index is 11.2. The lowest BCUT2D eigenvalue weighted by atomic mass is 9.92. The monoisotopic (exact) mass is 234 g/mol. The minimum Gasteiger partial charge on any atom is -0.379 e. The molecule has 1 aromatic carbocycles. The molecule has 0 aromatic heterocycles. The van der Waals surface area contributed by atoms with Crippen molar-refractivity contribution in [2.24, 2.45) is 5.73 Å². The molecule has 1 aliphatic rings. The molecule has 0 saturated carbocycles. The number of carbonyl (C=O) groups is 1. The van der Waals surface area contributed by atoms with E-state index in [1.54, 1.807) is 0 Å². The molecule has 1 atom stereocenters. The van der Waals surface area contributed by atoms with Crippen LogP contribution in [0.3, 0.4) is 0 Å². The van der Waals surface area contributed by atoms with Crippen LogP contribution in [0.1, 0.15) is 18.4 Å². The van der Waals surface area contributed by atoms with Gasteiger partial charge in [0.15, 0.2) is 5.60 Å². The van der Waals surface area contributed by atoms with E-state index < -0.39 is 11.5 Å². The Morgan fingerprint density at radius 1 is 1.41 bits per heavy atom. The summed E-state index contributed by atoms with van der Waals surface area (Å²) < 4.78 is 0. The zero-order valence-corrected chi connectivity index (χ0v) is 9.80. The molecule has 17 heavy (non-hydrogen) atoms. The van der Waals surface area contributed by atoms with E-state index in [9.17, 15) is 9.90 Å². The number of carbonyl (C=O) groups excluding carboxylic acids is 1. The summed E-state index contributed by atoms with van der Waals surface area (Å²) >= 11 is 0. The van der Waals surface area contributed by atoms with Crippen LogP contribution in [0.15, 0.2) is 30.3 Å². The predicted octanol–water partition coefficient (Wildman–Crippen LogP) is 0.499. The number of benzene rings is 1. The van der Waals surface area contributed by atoms with Crippen LogP contribution in [0.25, 0.3) is 0 Å². The number of piperidine rings is 1. The van der Waals surface area contributed by atoms with E-state index in [0.29, 0.717) is 13.0 Å². The highest BCUT2D eigenvalue weighted by Gasteiger charge is 2.38. The van der Waals surface area contributed by atoms with Crippen LogP contribution in [0, 0.1) is 0 Å². The molecule has 0 unspecified atom stereocenters. The van der Waals surface area contributed by atoms with Crippen molar-refractivity contribution in [3.05, 3.63) is 35.9 Å². The smallest absolute Gasteiger partial charge is 0.250 e. The van der Waals surface area contributed by atoms with Crippen molar-refractivity contribution in [1.82, 2.24) is 4.90 Å². The number of β-amino-alcohol motifs (C(OH)–C–C–N with tert-alkyl or cyclic N) is 1. The summed E-state index contributed by atoms with van der Waals surface area (Å²) in [5.41, 5.74) is 5.07. The van der Waals surface area contributed by atoms with E-state index in [4.69, 9.17) is 5.73 Å². The topological polar surface area (TPSA) is 66.6 Å². The summed E-state index contributed by atoms with van der Waals surface area (Å²) in [6.07, 6.45) is 1.26. The van der Waals surface area contributed by atoms with E-state index in [2.05, 4.69) is 4.90 Å². The molecule has 0 spiro atoms. The van der Waals surface area contributed by atoms with E-state index >= 15 is 0 Å². The normalized spacial score (nSPS) is 25.7. The fourth-order valence-corrected chi connectivity index (χ4v) is 2.30. The predicted molar refractivity (Wildman–Crippen MR) is 65.1 cm³/mol. The van der Waals surface area contributed by atoms with Gasteiger partial charge in [0.25, 0.3) is 5.91 Å². The Hall–Kier alpha value is -1.39. The molecule has 1 fully saturated rings. The van der Waals surface area contributed by atoms with Gasteiger partial charge in [-0.1, -0.05) is 30.3 Å². The van der Waals surface area contributed by atoms with Crippen LogP contribution in [0.5, 0.6) is 0 Å². The van der Waals surface area contributed by atoms with Gasteiger partial charge >= 0.3 is 0 Å². The van der Waals surface area contributed by atoms with Gasteiger partial charge in [-0.05, 0) is 24.9 Å². The maximum atomic E-state index is 11.2. The number of primary amides is 1. The Balaban J connectivity index is 2.01. The van der Waals surface area contributed by atoms with Gasteiger partial charge in [-0.15, -0.1) is 0 Å². The van der Waals surface area contributed by atoms with Gasteiger partial charge in [-0.25, -0.2) is 0 Å². The molecule has 0 aliphatic carbocycles. The SMILES string of the molecule is NC(=O)[C@@]1(O)CCCN(Cc2ccccc2)C1. The fourth-order valence-electron chi connectivity index (χ4n) is 2.30. The number of hydrogen-bond acceptors (Lipinski definition) is 3. The van der Waals surface area contributed by atoms with Gasteiger partial charge in [0.05, 0.1) is 0 Å². The van der Waals surface area contributed by atoms with Crippen LogP contribution in [0.4, 0.5) is 0 Å². The number of aliphatic hydroxyl groups is 1. The summed E-state index contributed by atoms with van der Waals surface area (Å²) in [4.78, 5) is 13.3. The average Bonchev–Trinajstić information content (AvgIpc) is 2.30. The number of amides is 1. The van der Waals surface area contributed by atoms with Crippen LogP contribution in [-0.2, 0) is 11.3 Å². The largest absolute Gasteiger partial charge is 0.379 e. The van der Waals surface area contributed by atoms with Crippen molar-refractivity contribution >= 4 is 5.91 Å². The lowest BCUT2D eigenvalue weighted by Gasteiger charge is -2.37. The highest BCUT2D eigenvalue weighted by Crippen LogP contribution is 2.22. The standard InChI is InChI=1S/C13H18N2O2/c14-12(16)13(17)7-4-8-15(10-13)9-11-5-2-1-3-6-11/h1-3,5-6,17H,4,7-10H2,(H2,14,16)/t13-/m1/s1. The summed E-state index contributed by atoms with van der Waals surface area (Å²) in [6.45, 7) is 1.97. The highest BCUT2D eigenvalue weighted by atomic mass is 16.3. The minimum atomic E-state index is -1.35. The zero-order valence-electron chi connectivity index (χ0n) is 9.80. The van der Waals surface area contributed by atoms with E-state index in [1.165, 1.54) is 5.56 Å². The molecule has 1 aromatic rings. The summed E-state index contributed by atoms with van der Waals surface area (Å²) in [6, 6.07) is 10.0. The Kier molecular flexibility index (Phi) is 3.45. The van der Waals surface area contributed by atoms with Crippen molar-refractivity contribution < 1.29 is 9.90 Å². The molecular weight excluding hydrogens is 216 g/mol.